The summed E-state index contributed by atoms with van der Waals surface area (Å²) in [5, 5.41) is 5.40. The van der Waals surface area contributed by atoms with Crippen LogP contribution in [0.25, 0.3) is 0 Å². The molecule has 1 aliphatic rings. The van der Waals surface area contributed by atoms with Crippen LogP contribution in [0, 0.1) is 0 Å². The Bertz CT molecular complexity index is 453. The number of hydrogen-bond donors (Lipinski definition) is 2. The van der Waals surface area contributed by atoms with Crippen LogP contribution in [-0.4, -0.2) is 60.4 Å². The van der Waals surface area contributed by atoms with Crippen LogP contribution in [0.5, 0.6) is 0 Å². The third-order valence-electron chi connectivity index (χ3n) is 3.49. The molecule has 1 aliphatic heterocycles. The van der Waals surface area contributed by atoms with Crippen molar-refractivity contribution in [3.8, 4) is 0 Å². The van der Waals surface area contributed by atoms with Gasteiger partial charge in [-0.25, -0.2) is 9.59 Å². The van der Waals surface area contributed by atoms with Gasteiger partial charge in [-0.15, -0.1) is 0 Å². The summed E-state index contributed by atoms with van der Waals surface area (Å²) in [6.45, 7) is 10.1. The molecule has 1 saturated heterocycles. The van der Waals surface area contributed by atoms with Crippen LogP contribution in [0.1, 0.15) is 47.5 Å². The Hall–Kier alpha value is -1.99. The molecule has 138 valence electrons. The van der Waals surface area contributed by atoms with Crippen molar-refractivity contribution in [3.63, 3.8) is 0 Å². The average Bonchev–Trinajstić information content (AvgIpc) is 2.46. The first-order valence-corrected chi connectivity index (χ1v) is 8.34. The second kappa shape index (κ2) is 8.75. The average molecular weight is 343 g/mol. The maximum Gasteiger partial charge on any atom is 0.409 e. The van der Waals surface area contributed by atoms with Crippen molar-refractivity contribution >= 4 is 18.1 Å². The molecule has 0 bridgehead atoms. The number of amides is 3. The minimum atomic E-state index is -0.692. The number of carbonyl (C=O) groups excluding carboxylic acids is 3. The number of alkyl carbamates (subject to hydrolysis) is 1. The Morgan fingerprint density at radius 3 is 2.29 bits per heavy atom. The van der Waals surface area contributed by atoms with E-state index in [4.69, 9.17) is 9.47 Å². The number of piperidine rings is 1. The van der Waals surface area contributed by atoms with E-state index in [0.29, 0.717) is 32.5 Å². The van der Waals surface area contributed by atoms with Crippen LogP contribution in [0.2, 0.25) is 0 Å². The van der Waals surface area contributed by atoms with Gasteiger partial charge < -0.3 is 25.0 Å². The quantitative estimate of drug-likeness (QED) is 0.809. The number of ether oxygens (including phenoxy) is 2. The predicted molar refractivity (Wildman–Crippen MR) is 88.6 cm³/mol. The van der Waals surface area contributed by atoms with Crippen LogP contribution in [0.15, 0.2) is 0 Å². The smallest absolute Gasteiger partial charge is 0.409 e. The zero-order valence-corrected chi connectivity index (χ0v) is 15.2. The monoisotopic (exact) mass is 343 g/mol. The molecule has 1 rings (SSSR count). The molecule has 1 atom stereocenters. The van der Waals surface area contributed by atoms with Gasteiger partial charge in [-0.3, -0.25) is 4.79 Å². The van der Waals surface area contributed by atoms with Crippen LogP contribution in [-0.2, 0) is 14.3 Å². The normalized spacial score (nSPS) is 17.0. The van der Waals surface area contributed by atoms with E-state index < -0.39 is 17.7 Å². The molecule has 1 heterocycles. The second-order valence-electron chi connectivity index (χ2n) is 6.84. The topological polar surface area (TPSA) is 97.0 Å². The van der Waals surface area contributed by atoms with Crippen LogP contribution in [0.3, 0.4) is 0 Å². The lowest BCUT2D eigenvalue weighted by Gasteiger charge is -2.32. The third-order valence-corrected chi connectivity index (χ3v) is 3.49. The SMILES string of the molecule is CCOC(=O)N1CCC(NC(=O)C(C)NC(=O)OC(C)(C)C)CC1. The summed E-state index contributed by atoms with van der Waals surface area (Å²) >= 11 is 0. The van der Waals surface area contributed by atoms with Crippen molar-refractivity contribution in [1.29, 1.82) is 0 Å². The minimum Gasteiger partial charge on any atom is -0.450 e. The van der Waals surface area contributed by atoms with E-state index >= 15 is 0 Å². The van der Waals surface area contributed by atoms with E-state index in [0.717, 1.165) is 0 Å². The maximum atomic E-state index is 12.1. The number of rotatable bonds is 4. The van der Waals surface area contributed by atoms with Crippen LogP contribution >= 0.6 is 0 Å². The standard InChI is InChI=1S/C16H29N3O5/c1-6-23-15(22)19-9-7-12(8-10-19)18-13(20)11(2)17-14(21)24-16(3,4)5/h11-12H,6-10H2,1-5H3,(H,17,21)(H,18,20). The van der Waals surface area contributed by atoms with E-state index in [-0.39, 0.29) is 18.0 Å². The van der Waals surface area contributed by atoms with Gasteiger partial charge in [0, 0.05) is 19.1 Å². The molecule has 8 heteroatoms. The van der Waals surface area contributed by atoms with Crippen LogP contribution < -0.4 is 10.6 Å². The highest BCUT2D eigenvalue weighted by Crippen LogP contribution is 2.12. The van der Waals surface area contributed by atoms with Gasteiger partial charge in [0.1, 0.15) is 11.6 Å². The fraction of sp³-hybridized carbons (Fsp3) is 0.812. The Morgan fingerprint density at radius 1 is 1.21 bits per heavy atom. The number of carbonyl (C=O) groups is 3. The van der Waals surface area contributed by atoms with Crippen molar-refractivity contribution in [2.45, 2.75) is 65.1 Å². The van der Waals surface area contributed by atoms with Gasteiger partial charge in [0.2, 0.25) is 5.91 Å². The summed E-state index contributed by atoms with van der Waals surface area (Å²) in [4.78, 5) is 37.1. The van der Waals surface area contributed by atoms with Crippen LogP contribution in [0.4, 0.5) is 9.59 Å². The lowest BCUT2D eigenvalue weighted by atomic mass is 10.1. The summed E-state index contributed by atoms with van der Waals surface area (Å²) in [5.41, 5.74) is -0.611. The molecule has 0 aromatic heterocycles. The number of nitrogens with one attached hydrogen (secondary N) is 2. The zero-order valence-electron chi connectivity index (χ0n) is 15.2. The number of likely N-dealkylation sites (tertiary alicyclic amines) is 1. The molecule has 1 unspecified atom stereocenters. The van der Waals surface area contributed by atoms with Crippen molar-refractivity contribution in [3.05, 3.63) is 0 Å². The number of hydrogen-bond acceptors (Lipinski definition) is 5. The van der Waals surface area contributed by atoms with Crippen molar-refractivity contribution in [2.24, 2.45) is 0 Å². The maximum absolute atomic E-state index is 12.1. The molecule has 1 fully saturated rings. The van der Waals surface area contributed by atoms with Gasteiger partial charge in [-0.05, 0) is 47.5 Å². The molecule has 0 aliphatic carbocycles. The molecule has 0 spiro atoms. The molecule has 0 radical (unpaired) electrons. The summed E-state index contributed by atoms with van der Waals surface area (Å²) in [7, 11) is 0. The number of nitrogens with zero attached hydrogens (tertiary/aromatic N) is 1. The first-order valence-electron chi connectivity index (χ1n) is 8.34. The Morgan fingerprint density at radius 2 is 1.79 bits per heavy atom. The molecule has 0 saturated carbocycles. The van der Waals surface area contributed by atoms with Gasteiger partial charge in [-0.2, -0.15) is 0 Å². The van der Waals surface area contributed by atoms with Gasteiger partial charge in [0.25, 0.3) is 0 Å². The van der Waals surface area contributed by atoms with Crippen molar-refractivity contribution in [2.75, 3.05) is 19.7 Å². The highest BCUT2D eigenvalue weighted by Gasteiger charge is 2.27. The molecule has 8 nitrogen and oxygen atoms in total. The fourth-order valence-corrected chi connectivity index (χ4v) is 2.30. The lowest BCUT2D eigenvalue weighted by Crippen LogP contribution is -2.52. The molecule has 2 N–H and O–H groups in total. The largest absolute Gasteiger partial charge is 0.450 e. The van der Waals surface area contributed by atoms with E-state index in [9.17, 15) is 14.4 Å². The summed E-state index contributed by atoms with van der Waals surface area (Å²) in [6, 6.07) is -0.714. The molecule has 3 amide bonds. The zero-order chi connectivity index (χ0) is 18.3. The van der Waals surface area contributed by atoms with E-state index in [1.54, 1.807) is 39.5 Å². The minimum absolute atomic E-state index is 0.0222. The van der Waals surface area contributed by atoms with Gasteiger partial charge in [0.15, 0.2) is 0 Å². The molecule has 0 aromatic rings. The van der Waals surface area contributed by atoms with Crippen molar-refractivity contribution < 1.29 is 23.9 Å². The van der Waals surface area contributed by atoms with E-state index in [2.05, 4.69) is 10.6 Å². The van der Waals surface area contributed by atoms with E-state index in [1.165, 1.54) is 0 Å². The van der Waals surface area contributed by atoms with Crippen molar-refractivity contribution in [1.82, 2.24) is 15.5 Å². The Kier molecular flexibility index (Phi) is 7.31. The first kappa shape index (κ1) is 20.1. The fourth-order valence-electron chi connectivity index (χ4n) is 2.30. The first-order chi connectivity index (χ1) is 11.1. The molecular formula is C16H29N3O5. The van der Waals surface area contributed by atoms with Gasteiger partial charge >= 0.3 is 12.2 Å². The molecular weight excluding hydrogens is 314 g/mol. The lowest BCUT2D eigenvalue weighted by molar-refractivity contribution is -0.123. The molecule has 24 heavy (non-hydrogen) atoms. The van der Waals surface area contributed by atoms with E-state index in [1.807, 2.05) is 0 Å². The second-order valence-corrected chi connectivity index (χ2v) is 6.84. The third kappa shape index (κ3) is 7.06. The Balaban J connectivity index is 2.35. The summed E-state index contributed by atoms with van der Waals surface area (Å²) in [6.07, 6.45) is 0.373. The Labute approximate surface area is 143 Å². The highest BCUT2D eigenvalue weighted by molar-refractivity contribution is 5.85. The predicted octanol–water partition coefficient (Wildman–Crippen LogP) is 1.64. The summed E-state index contributed by atoms with van der Waals surface area (Å²) < 4.78 is 10.1. The van der Waals surface area contributed by atoms with Gasteiger partial charge in [0.05, 0.1) is 6.61 Å². The highest BCUT2D eigenvalue weighted by atomic mass is 16.6. The summed E-state index contributed by atoms with van der Waals surface area (Å²) in [5.74, 6) is -0.268. The van der Waals surface area contributed by atoms with Gasteiger partial charge in [-0.1, -0.05) is 0 Å². The molecule has 0 aromatic carbocycles.